The first kappa shape index (κ1) is 25.4. The summed E-state index contributed by atoms with van der Waals surface area (Å²) in [5.41, 5.74) is 10.7. The van der Waals surface area contributed by atoms with E-state index in [1.54, 1.807) is 0 Å². The van der Waals surface area contributed by atoms with Gasteiger partial charge in [0.1, 0.15) is 0 Å². The van der Waals surface area contributed by atoms with Gasteiger partial charge in [0.05, 0.1) is 29.6 Å². The molecule has 0 bridgehead atoms. The Morgan fingerprint density at radius 2 is 1.09 bits per heavy atom. The predicted octanol–water partition coefficient (Wildman–Crippen LogP) is 10.7. The van der Waals surface area contributed by atoms with Crippen molar-refractivity contribution < 1.29 is 4.74 Å². The second-order valence-corrected chi connectivity index (χ2v) is 10.8. The Balaban J connectivity index is 1.23. The summed E-state index contributed by atoms with van der Waals surface area (Å²) in [7, 11) is 0. The van der Waals surface area contributed by atoms with Crippen LogP contribution >= 0.6 is 0 Å². The maximum Gasteiger partial charge on any atom is 0.197 e. The molecule has 5 nitrogen and oxygen atoms in total. The van der Waals surface area contributed by atoms with Crippen LogP contribution in [0.1, 0.15) is 16.7 Å². The van der Waals surface area contributed by atoms with Gasteiger partial charge < -0.3 is 14.5 Å². The number of nitrogens with zero attached hydrogens (tertiary/aromatic N) is 4. The molecule has 0 unspecified atom stereocenters. The van der Waals surface area contributed by atoms with Crippen molar-refractivity contribution in [2.75, 3.05) is 9.80 Å². The summed E-state index contributed by atoms with van der Waals surface area (Å²) >= 11 is 0. The molecule has 6 aromatic rings. The average molecular weight is 565 g/mol. The molecule has 0 spiro atoms. The van der Waals surface area contributed by atoms with E-state index in [1.165, 1.54) is 11.1 Å². The van der Waals surface area contributed by atoms with Crippen molar-refractivity contribution in [3.05, 3.63) is 162 Å². The minimum atomic E-state index is 0.495. The lowest BCUT2D eigenvalue weighted by atomic mass is 9.94. The van der Waals surface area contributed by atoms with E-state index in [2.05, 4.69) is 69.2 Å². The third kappa shape index (κ3) is 4.00. The zero-order chi connectivity index (χ0) is 29.6. The van der Waals surface area contributed by atoms with E-state index in [4.69, 9.17) is 11.3 Å². The number of anilines is 6. The van der Waals surface area contributed by atoms with Crippen LogP contribution in [0.15, 0.2) is 133 Å². The minimum absolute atomic E-state index is 0.495. The van der Waals surface area contributed by atoms with Gasteiger partial charge in [0, 0.05) is 29.2 Å². The topological polar surface area (TPSA) is 43.9 Å². The third-order valence-electron chi connectivity index (χ3n) is 8.31. The first-order valence-electron chi connectivity index (χ1n) is 14.4. The van der Waals surface area contributed by atoms with Crippen molar-refractivity contribution in [2.24, 2.45) is 0 Å². The molecule has 0 fully saturated rings. The fourth-order valence-corrected chi connectivity index (χ4v) is 6.33. The van der Waals surface area contributed by atoms with Crippen molar-refractivity contribution in [3.8, 4) is 28.7 Å². The largest absolute Gasteiger partial charge is 0.453 e. The smallest absolute Gasteiger partial charge is 0.197 e. The van der Waals surface area contributed by atoms with E-state index in [0.717, 1.165) is 63.2 Å². The molecule has 0 radical (unpaired) electrons. The second-order valence-electron chi connectivity index (χ2n) is 10.8. The van der Waals surface area contributed by atoms with Gasteiger partial charge >= 0.3 is 0 Å². The molecule has 0 aromatic heterocycles. The lowest BCUT2D eigenvalue weighted by Gasteiger charge is -2.34. The highest BCUT2D eigenvalue weighted by atomic mass is 16.5. The maximum absolute atomic E-state index is 10.4. The fourth-order valence-electron chi connectivity index (χ4n) is 6.33. The summed E-state index contributed by atoms with van der Waals surface area (Å²) in [6, 6.07) is 46.8. The van der Waals surface area contributed by atoms with Gasteiger partial charge in [-0.1, -0.05) is 72.8 Å². The van der Waals surface area contributed by atoms with Crippen LogP contribution in [0.25, 0.3) is 16.0 Å². The van der Waals surface area contributed by atoms with Crippen molar-refractivity contribution >= 4 is 39.8 Å². The van der Waals surface area contributed by atoms with Crippen LogP contribution in [0.4, 0.5) is 39.8 Å². The van der Waals surface area contributed by atoms with E-state index >= 15 is 0 Å². The number of hydrogen-bond acceptors (Lipinski definition) is 4. The normalized spacial score (nSPS) is 12.5. The standard InChI is InChI=1S/C39H24N4O/c1-41-33-24-30(42-34-12-4-2-10-26(34)22-27-11-3-5-13-35(27)42)19-21-32(33)31-20-18-29(23-28(31)25-40)43-36-14-6-8-16-38(36)44-39-17-9-7-15-37(39)43/h2-21,23-24H,22H2. The predicted molar refractivity (Wildman–Crippen MR) is 175 cm³/mol. The molecule has 44 heavy (non-hydrogen) atoms. The highest BCUT2D eigenvalue weighted by Crippen LogP contribution is 2.51. The van der Waals surface area contributed by atoms with Gasteiger partial charge in [0.2, 0.25) is 0 Å². The first-order chi connectivity index (χ1) is 21.7. The van der Waals surface area contributed by atoms with Gasteiger partial charge in [0.15, 0.2) is 17.2 Å². The van der Waals surface area contributed by atoms with Crippen LogP contribution in [-0.4, -0.2) is 0 Å². The summed E-state index contributed by atoms with van der Waals surface area (Å²) in [5.74, 6) is 1.50. The molecule has 2 aliphatic rings. The van der Waals surface area contributed by atoms with Crippen LogP contribution in [0.5, 0.6) is 11.5 Å². The van der Waals surface area contributed by atoms with E-state index in [9.17, 15) is 5.26 Å². The number of nitriles is 1. The molecule has 8 rings (SSSR count). The number of benzene rings is 6. The second kappa shape index (κ2) is 10.2. The SMILES string of the molecule is [C-]#[N+]c1cc(N2c3ccccc3Cc3ccccc32)ccc1-c1ccc(N2c3ccccc3Oc3ccccc32)cc1C#N. The summed E-state index contributed by atoms with van der Waals surface area (Å²) in [5, 5.41) is 10.4. The van der Waals surface area contributed by atoms with Crippen LogP contribution in [0.3, 0.4) is 0 Å². The fraction of sp³-hybridized carbons (Fsp3) is 0.0256. The van der Waals surface area contributed by atoms with Crippen LogP contribution in [0.2, 0.25) is 0 Å². The molecule has 2 heterocycles. The molecule has 206 valence electrons. The molecule has 6 aromatic carbocycles. The van der Waals surface area contributed by atoms with Crippen LogP contribution in [0, 0.1) is 17.9 Å². The number of rotatable bonds is 3. The lowest BCUT2D eigenvalue weighted by molar-refractivity contribution is 0.477. The Hall–Kier alpha value is -6.30. The molecular weight excluding hydrogens is 540 g/mol. The van der Waals surface area contributed by atoms with E-state index < -0.39 is 0 Å². The Bertz CT molecular complexity index is 1940. The molecular formula is C39H24N4O. The van der Waals surface area contributed by atoms with Crippen LogP contribution in [-0.2, 0) is 6.42 Å². The number of para-hydroxylation sites is 6. The van der Waals surface area contributed by atoms with Gasteiger partial charge in [-0.15, -0.1) is 0 Å². The Kier molecular flexibility index (Phi) is 5.89. The Morgan fingerprint density at radius 1 is 0.591 bits per heavy atom. The quantitative estimate of drug-likeness (QED) is 0.200. The number of hydrogen-bond donors (Lipinski definition) is 0. The molecule has 0 amide bonds. The van der Waals surface area contributed by atoms with Gasteiger partial charge in [-0.3, -0.25) is 0 Å². The van der Waals surface area contributed by atoms with Crippen molar-refractivity contribution in [3.63, 3.8) is 0 Å². The van der Waals surface area contributed by atoms with Gasteiger partial charge in [-0.2, -0.15) is 5.26 Å². The molecule has 0 N–H and O–H groups in total. The first-order valence-corrected chi connectivity index (χ1v) is 14.4. The van der Waals surface area contributed by atoms with Crippen LogP contribution < -0.4 is 14.5 Å². The van der Waals surface area contributed by atoms with Gasteiger partial charge in [0.25, 0.3) is 0 Å². The maximum atomic E-state index is 10.4. The Morgan fingerprint density at radius 3 is 1.68 bits per heavy atom. The van der Waals surface area contributed by atoms with E-state index in [-0.39, 0.29) is 0 Å². The number of ether oxygens (including phenoxy) is 1. The summed E-state index contributed by atoms with van der Waals surface area (Å²) in [4.78, 5) is 8.29. The zero-order valence-corrected chi connectivity index (χ0v) is 23.6. The average Bonchev–Trinajstić information content (AvgIpc) is 3.09. The minimum Gasteiger partial charge on any atom is -0.453 e. The molecule has 0 atom stereocenters. The molecule has 0 saturated heterocycles. The van der Waals surface area contributed by atoms with Crippen molar-refractivity contribution in [1.82, 2.24) is 0 Å². The lowest BCUT2D eigenvalue weighted by Crippen LogP contribution is -2.18. The summed E-state index contributed by atoms with van der Waals surface area (Å²) in [6.45, 7) is 8.13. The van der Waals surface area contributed by atoms with Gasteiger partial charge in [-0.25, -0.2) is 4.85 Å². The number of fused-ring (bicyclic) bond motifs is 4. The summed E-state index contributed by atoms with van der Waals surface area (Å²) in [6.07, 6.45) is 0.868. The van der Waals surface area contributed by atoms with E-state index in [0.29, 0.717) is 11.3 Å². The molecule has 0 saturated carbocycles. The molecule has 2 aliphatic heterocycles. The molecule has 0 aliphatic carbocycles. The highest BCUT2D eigenvalue weighted by Gasteiger charge is 2.27. The van der Waals surface area contributed by atoms with Gasteiger partial charge in [-0.05, 0) is 82.9 Å². The zero-order valence-electron chi connectivity index (χ0n) is 23.6. The molecule has 5 heteroatoms. The third-order valence-corrected chi connectivity index (χ3v) is 8.31. The highest BCUT2D eigenvalue weighted by molar-refractivity contribution is 5.92. The Labute approximate surface area is 255 Å². The monoisotopic (exact) mass is 564 g/mol. The summed E-state index contributed by atoms with van der Waals surface area (Å²) < 4.78 is 6.17. The van der Waals surface area contributed by atoms with Crippen molar-refractivity contribution in [1.29, 1.82) is 5.26 Å². The van der Waals surface area contributed by atoms with E-state index in [1.807, 2.05) is 84.9 Å². The van der Waals surface area contributed by atoms with Crippen molar-refractivity contribution in [2.45, 2.75) is 6.42 Å².